The van der Waals surface area contributed by atoms with Crippen LogP contribution in [0.4, 0.5) is 0 Å². The van der Waals surface area contributed by atoms with E-state index in [9.17, 15) is 18.0 Å². The highest BCUT2D eigenvalue weighted by Crippen LogP contribution is 2.23. The van der Waals surface area contributed by atoms with E-state index in [-0.39, 0.29) is 18.0 Å². The largest absolute Gasteiger partial charge is 0.360 e. The first-order valence-corrected chi connectivity index (χ1v) is 10.6. The number of amides is 2. The topological polar surface area (TPSA) is 105 Å². The molecule has 0 bridgehead atoms. The first-order valence-electron chi connectivity index (χ1n) is 8.81. The van der Waals surface area contributed by atoms with Crippen molar-refractivity contribution in [3.05, 3.63) is 29.3 Å². The number of rotatable bonds is 7. The maximum Gasteiger partial charge on any atom is 0.309 e. The van der Waals surface area contributed by atoms with Crippen molar-refractivity contribution < 1.29 is 22.7 Å². The van der Waals surface area contributed by atoms with Gasteiger partial charge in [-0.2, -0.15) is 4.31 Å². The second kappa shape index (κ2) is 10.0. The number of carbonyl (C=O) groups is 2. The zero-order valence-electron chi connectivity index (χ0n) is 15.1. The zero-order valence-corrected chi connectivity index (χ0v) is 16.7. The van der Waals surface area contributed by atoms with Gasteiger partial charge in [-0.25, -0.2) is 8.42 Å². The second-order valence-corrected chi connectivity index (χ2v) is 8.40. The quantitative estimate of drug-likeness (QED) is 0.510. The molecule has 1 heterocycles. The van der Waals surface area contributed by atoms with Gasteiger partial charge in [0.2, 0.25) is 10.0 Å². The van der Waals surface area contributed by atoms with Crippen LogP contribution >= 0.6 is 11.6 Å². The Bertz CT molecular complexity index is 754. The maximum atomic E-state index is 12.9. The number of nitrogens with zero attached hydrogens (tertiary/aromatic N) is 1. The number of hydrogen-bond acceptors (Lipinski definition) is 5. The normalized spacial score (nSPS) is 18.1. The molecule has 0 radical (unpaired) electrons. The van der Waals surface area contributed by atoms with E-state index in [0.717, 1.165) is 12.8 Å². The van der Waals surface area contributed by atoms with Crippen LogP contribution in [0.5, 0.6) is 0 Å². The van der Waals surface area contributed by atoms with Gasteiger partial charge in [-0.3, -0.25) is 9.59 Å². The molecule has 1 fully saturated rings. The highest BCUT2D eigenvalue weighted by Gasteiger charge is 2.34. The van der Waals surface area contributed by atoms with Gasteiger partial charge in [0.1, 0.15) is 6.23 Å². The van der Waals surface area contributed by atoms with Crippen LogP contribution in [-0.4, -0.2) is 57.0 Å². The third-order valence-electron chi connectivity index (χ3n) is 4.03. The summed E-state index contributed by atoms with van der Waals surface area (Å²) >= 11 is 5.82. The zero-order chi connectivity index (χ0) is 19.9. The number of carbonyl (C=O) groups excluding carboxylic acids is 2. The molecule has 2 N–H and O–H groups in total. The fourth-order valence-corrected chi connectivity index (χ4v) is 4.26. The fraction of sp³-hybridized carbons (Fsp3) is 0.529. The van der Waals surface area contributed by atoms with Gasteiger partial charge in [0.05, 0.1) is 18.0 Å². The monoisotopic (exact) mass is 417 g/mol. The highest BCUT2D eigenvalue weighted by molar-refractivity contribution is 7.89. The van der Waals surface area contributed by atoms with Crippen molar-refractivity contribution in [3.63, 3.8) is 0 Å². The van der Waals surface area contributed by atoms with Crippen molar-refractivity contribution in [1.29, 1.82) is 0 Å². The van der Waals surface area contributed by atoms with Crippen LogP contribution in [0, 0.1) is 0 Å². The molecule has 1 saturated heterocycles. The molecule has 8 nitrogen and oxygen atoms in total. The molecular formula is C17H24ClN3O5S. The van der Waals surface area contributed by atoms with Gasteiger partial charge in [-0.15, -0.1) is 0 Å². The standard InChI is InChI=1S/C17H24ClN3O5S/c1-2-3-9-19-16(22)17(23)20-12-15-21(10-4-11-26-15)27(24,25)14-7-5-13(18)6-8-14/h5-8,15H,2-4,9-12H2,1H3,(H,19,22)(H,20,23)/t15-/m0/s1. The lowest BCUT2D eigenvalue weighted by Gasteiger charge is -2.34. The molecule has 0 aromatic heterocycles. The van der Waals surface area contributed by atoms with E-state index in [2.05, 4.69) is 10.6 Å². The SMILES string of the molecule is CCCCNC(=O)C(=O)NC[C@@H]1OCCCN1S(=O)(=O)c1ccc(Cl)cc1. The van der Waals surface area contributed by atoms with Crippen LogP contribution in [0.1, 0.15) is 26.2 Å². The summed E-state index contributed by atoms with van der Waals surface area (Å²) in [6.07, 6.45) is 1.33. The molecule has 2 amide bonds. The van der Waals surface area contributed by atoms with E-state index in [0.29, 0.717) is 24.6 Å². The molecule has 0 aliphatic carbocycles. The third kappa shape index (κ3) is 5.90. The summed E-state index contributed by atoms with van der Waals surface area (Å²) in [5.41, 5.74) is 0. The molecule has 2 rings (SSSR count). The van der Waals surface area contributed by atoms with E-state index in [4.69, 9.17) is 16.3 Å². The van der Waals surface area contributed by atoms with Crippen LogP contribution in [0.3, 0.4) is 0 Å². The molecule has 10 heteroatoms. The number of ether oxygens (including phenoxy) is 1. The van der Waals surface area contributed by atoms with Gasteiger partial charge < -0.3 is 15.4 Å². The number of unbranched alkanes of at least 4 members (excludes halogenated alkanes) is 1. The Hall–Kier alpha value is -1.68. The maximum absolute atomic E-state index is 12.9. The molecule has 0 unspecified atom stereocenters. The van der Waals surface area contributed by atoms with Gasteiger partial charge in [-0.1, -0.05) is 24.9 Å². The molecule has 1 aliphatic heterocycles. The summed E-state index contributed by atoms with van der Waals surface area (Å²) in [5.74, 6) is -1.56. The van der Waals surface area contributed by atoms with Gasteiger partial charge in [-0.05, 0) is 37.1 Å². The first-order chi connectivity index (χ1) is 12.9. The fourth-order valence-electron chi connectivity index (χ4n) is 2.56. The Labute approximate surface area is 164 Å². The molecule has 0 saturated carbocycles. The Morgan fingerprint density at radius 2 is 1.89 bits per heavy atom. The van der Waals surface area contributed by atoms with Crippen molar-refractivity contribution in [2.24, 2.45) is 0 Å². The van der Waals surface area contributed by atoms with Crippen molar-refractivity contribution in [1.82, 2.24) is 14.9 Å². The number of hydrogen-bond donors (Lipinski definition) is 2. The van der Waals surface area contributed by atoms with Crippen molar-refractivity contribution in [2.45, 2.75) is 37.3 Å². The van der Waals surface area contributed by atoms with Crippen LogP contribution in [-0.2, 0) is 24.3 Å². The smallest absolute Gasteiger partial charge is 0.309 e. The second-order valence-electron chi connectivity index (χ2n) is 6.07. The third-order valence-corrected chi connectivity index (χ3v) is 6.19. The average molecular weight is 418 g/mol. The summed E-state index contributed by atoms with van der Waals surface area (Å²) in [4.78, 5) is 23.7. The van der Waals surface area contributed by atoms with Gasteiger partial charge in [0, 0.05) is 18.1 Å². The number of benzene rings is 1. The first kappa shape index (κ1) is 21.6. The minimum atomic E-state index is -3.82. The van der Waals surface area contributed by atoms with E-state index in [1.807, 2.05) is 6.92 Å². The number of halogens is 1. The summed E-state index contributed by atoms with van der Waals surface area (Å²) in [7, 11) is -3.82. The average Bonchev–Trinajstić information content (AvgIpc) is 2.66. The molecule has 1 aliphatic rings. The van der Waals surface area contributed by atoms with E-state index >= 15 is 0 Å². The molecule has 27 heavy (non-hydrogen) atoms. The van der Waals surface area contributed by atoms with Crippen molar-refractivity contribution >= 4 is 33.4 Å². The molecule has 0 spiro atoms. The summed E-state index contributed by atoms with van der Waals surface area (Å²) < 4.78 is 32.5. The van der Waals surface area contributed by atoms with Crippen molar-refractivity contribution in [3.8, 4) is 0 Å². The van der Waals surface area contributed by atoms with Gasteiger partial charge >= 0.3 is 11.8 Å². The predicted octanol–water partition coefficient (Wildman–Crippen LogP) is 1.11. The van der Waals surface area contributed by atoms with Gasteiger partial charge in [0.25, 0.3) is 0 Å². The molecule has 1 aromatic carbocycles. The Morgan fingerprint density at radius 1 is 1.22 bits per heavy atom. The Balaban J connectivity index is 2.01. The molecule has 1 atom stereocenters. The molecule has 1 aromatic rings. The predicted molar refractivity (Wildman–Crippen MR) is 101 cm³/mol. The Kier molecular flexibility index (Phi) is 8.03. The summed E-state index contributed by atoms with van der Waals surface area (Å²) in [5, 5.41) is 5.38. The van der Waals surface area contributed by atoms with Crippen LogP contribution in [0.25, 0.3) is 0 Å². The Morgan fingerprint density at radius 3 is 2.56 bits per heavy atom. The highest BCUT2D eigenvalue weighted by atomic mass is 35.5. The summed E-state index contributed by atoms with van der Waals surface area (Å²) in [6, 6.07) is 5.83. The molecular weight excluding hydrogens is 394 g/mol. The van der Waals surface area contributed by atoms with E-state index < -0.39 is 28.1 Å². The minimum absolute atomic E-state index is 0.0889. The van der Waals surface area contributed by atoms with E-state index in [1.54, 1.807) is 0 Å². The lowest BCUT2D eigenvalue weighted by molar-refractivity contribution is -0.140. The van der Waals surface area contributed by atoms with Crippen LogP contribution in [0.2, 0.25) is 5.02 Å². The summed E-state index contributed by atoms with van der Waals surface area (Å²) in [6.45, 7) is 2.90. The van der Waals surface area contributed by atoms with Gasteiger partial charge in [0.15, 0.2) is 0 Å². The lowest BCUT2D eigenvalue weighted by Crippen LogP contribution is -2.53. The van der Waals surface area contributed by atoms with Crippen LogP contribution in [0.15, 0.2) is 29.2 Å². The minimum Gasteiger partial charge on any atom is -0.360 e. The van der Waals surface area contributed by atoms with E-state index in [1.165, 1.54) is 28.6 Å². The lowest BCUT2D eigenvalue weighted by atomic mass is 10.3. The number of sulfonamides is 1. The van der Waals surface area contributed by atoms with Crippen molar-refractivity contribution in [2.75, 3.05) is 26.2 Å². The number of nitrogens with one attached hydrogen (secondary N) is 2. The van der Waals surface area contributed by atoms with Crippen LogP contribution < -0.4 is 10.6 Å². The molecule has 150 valence electrons.